The number of amides is 1. The fourth-order valence-electron chi connectivity index (χ4n) is 1.94. The number of hydrogen-bond acceptors (Lipinski definition) is 4. The number of benzene rings is 2. The Kier molecular flexibility index (Phi) is 5.35. The number of anilines is 3. The highest BCUT2D eigenvalue weighted by molar-refractivity contribution is 5.89. The van der Waals surface area contributed by atoms with Crippen molar-refractivity contribution in [2.45, 2.75) is 13.5 Å². The van der Waals surface area contributed by atoms with E-state index in [1.54, 1.807) is 25.1 Å². The molecule has 2 aromatic rings. The molecule has 23 heavy (non-hydrogen) atoms. The first-order valence-electron chi connectivity index (χ1n) is 7.00. The Hall–Kier alpha value is -2.83. The molecule has 0 bridgehead atoms. The summed E-state index contributed by atoms with van der Waals surface area (Å²) in [7, 11) is 0. The van der Waals surface area contributed by atoms with E-state index in [9.17, 15) is 13.6 Å². The van der Waals surface area contributed by atoms with Gasteiger partial charge in [-0.15, -0.1) is 0 Å². The molecule has 0 aliphatic rings. The summed E-state index contributed by atoms with van der Waals surface area (Å²) in [5.41, 5.74) is 7.62. The Morgan fingerprint density at radius 3 is 2.57 bits per heavy atom. The number of ether oxygens (including phenoxy) is 1. The van der Waals surface area contributed by atoms with Crippen molar-refractivity contribution in [2.24, 2.45) is 0 Å². The topological polar surface area (TPSA) is 76.4 Å². The van der Waals surface area contributed by atoms with Gasteiger partial charge < -0.3 is 15.8 Å². The van der Waals surface area contributed by atoms with Gasteiger partial charge in [0.25, 0.3) is 0 Å². The average molecular weight is 321 g/mol. The Balaban J connectivity index is 2.01. The van der Waals surface area contributed by atoms with Gasteiger partial charge in [0, 0.05) is 12.6 Å². The highest BCUT2D eigenvalue weighted by Gasteiger charge is 2.07. The van der Waals surface area contributed by atoms with Crippen molar-refractivity contribution in [3.05, 3.63) is 53.6 Å². The number of hydrogen-bond donors (Lipinski definition) is 3. The maximum absolute atomic E-state index is 13.5. The standard InChI is InChI=1S/C16H17F2N3O2/c1-2-23-16(22)21-15-5-3-10(7-13(15)19)9-20-14-6-4-11(17)8-12(14)18/h3-8,20H,2,9,19H2,1H3,(H,21,22). The quantitative estimate of drug-likeness (QED) is 0.734. The van der Waals surface area contributed by atoms with Crippen molar-refractivity contribution >= 4 is 23.2 Å². The Labute approximate surface area is 132 Å². The van der Waals surface area contributed by atoms with Crippen LogP contribution in [0.2, 0.25) is 0 Å². The van der Waals surface area contributed by atoms with E-state index in [2.05, 4.69) is 10.6 Å². The summed E-state index contributed by atoms with van der Waals surface area (Å²) >= 11 is 0. The summed E-state index contributed by atoms with van der Waals surface area (Å²) in [6.45, 7) is 2.26. The molecule has 5 nitrogen and oxygen atoms in total. The molecule has 0 atom stereocenters. The molecular formula is C16H17F2N3O2. The molecule has 0 fully saturated rings. The number of nitrogens with one attached hydrogen (secondary N) is 2. The Morgan fingerprint density at radius 2 is 1.91 bits per heavy atom. The van der Waals surface area contributed by atoms with Gasteiger partial charge in [0.05, 0.1) is 23.7 Å². The average Bonchev–Trinajstić information content (AvgIpc) is 2.49. The van der Waals surface area contributed by atoms with Crippen molar-refractivity contribution in [2.75, 3.05) is 23.0 Å². The number of halogens is 2. The molecule has 0 aliphatic carbocycles. The van der Waals surface area contributed by atoms with Crippen molar-refractivity contribution in [1.82, 2.24) is 0 Å². The van der Waals surface area contributed by atoms with E-state index >= 15 is 0 Å². The molecule has 0 aliphatic heterocycles. The molecule has 0 saturated carbocycles. The second-order valence-corrected chi connectivity index (χ2v) is 4.74. The summed E-state index contributed by atoms with van der Waals surface area (Å²) in [4.78, 5) is 11.4. The number of carbonyl (C=O) groups is 1. The van der Waals surface area contributed by atoms with Crippen molar-refractivity contribution in [3.63, 3.8) is 0 Å². The van der Waals surface area contributed by atoms with Gasteiger partial charge in [-0.3, -0.25) is 5.32 Å². The van der Waals surface area contributed by atoms with Crippen LogP contribution in [0.3, 0.4) is 0 Å². The summed E-state index contributed by atoms with van der Waals surface area (Å²) in [6, 6.07) is 8.31. The van der Waals surface area contributed by atoms with Crippen molar-refractivity contribution in [1.29, 1.82) is 0 Å². The van der Waals surface area contributed by atoms with E-state index < -0.39 is 17.7 Å². The highest BCUT2D eigenvalue weighted by Crippen LogP contribution is 2.22. The first-order valence-corrected chi connectivity index (χ1v) is 7.00. The van der Waals surface area contributed by atoms with E-state index in [4.69, 9.17) is 10.5 Å². The minimum atomic E-state index is -0.668. The minimum Gasteiger partial charge on any atom is -0.450 e. The second-order valence-electron chi connectivity index (χ2n) is 4.74. The molecule has 122 valence electrons. The third-order valence-corrected chi connectivity index (χ3v) is 3.04. The normalized spacial score (nSPS) is 10.2. The molecule has 0 radical (unpaired) electrons. The van der Waals surface area contributed by atoms with Gasteiger partial charge in [-0.25, -0.2) is 13.6 Å². The SMILES string of the molecule is CCOC(=O)Nc1ccc(CNc2ccc(F)cc2F)cc1N. The maximum atomic E-state index is 13.5. The lowest BCUT2D eigenvalue weighted by atomic mass is 10.1. The molecule has 2 aromatic carbocycles. The lowest BCUT2D eigenvalue weighted by molar-refractivity contribution is 0.168. The predicted molar refractivity (Wildman–Crippen MR) is 85.2 cm³/mol. The predicted octanol–water partition coefficient (Wildman–Crippen LogP) is 3.73. The summed E-state index contributed by atoms with van der Waals surface area (Å²) < 4.78 is 31.1. The van der Waals surface area contributed by atoms with Gasteiger partial charge in [-0.1, -0.05) is 6.07 Å². The largest absolute Gasteiger partial charge is 0.450 e. The zero-order valence-electron chi connectivity index (χ0n) is 12.5. The number of carbonyl (C=O) groups excluding carboxylic acids is 1. The third kappa shape index (κ3) is 4.57. The van der Waals surface area contributed by atoms with Crippen LogP contribution in [0.1, 0.15) is 12.5 Å². The molecule has 1 amide bonds. The molecule has 7 heteroatoms. The van der Waals surface area contributed by atoms with E-state index in [1.165, 1.54) is 12.1 Å². The Morgan fingerprint density at radius 1 is 1.17 bits per heavy atom. The molecule has 0 saturated heterocycles. The van der Waals surface area contributed by atoms with Crippen LogP contribution >= 0.6 is 0 Å². The second kappa shape index (κ2) is 7.44. The fraction of sp³-hybridized carbons (Fsp3) is 0.188. The van der Waals surface area contributed by atoms with Gasteiger partial charge in [0.15, 0.2) is 0 Å². The number of nitrogen functional groups attached to an aromatic ring is 1. The molecule has 0 unspecified atom stereocenters. The molecule has 2 rings (SSSR count). The van der Waals surface area contributed by atoms with Crippen LogP contribution in [0, 0.1) is 11.6 Å². The van der Waals surface area contributed by atoms with Gasteiger partial charge >= 0.3 is 6.09 Å². The van der Waals surface area contributed by atoms with Gasteiger partial charge in [0.2, 0.25) is 0 Å². The smallest absolute Gasteiger partial charge is 0.411 e. The first kappa shape index (κ1) is 16.5. The Bertz CT molecular complexity index is 708. The van der Waals surface area contributed by atoms with Crippen LogP contribution in [0.4, 0.5) is 30.6 Å². The van der Waals surface area contributed by atoms with E-state index in [0.717, 1.165) is 11.6 Å². The molecular weight excluding hydrogens is 304 g/mol. The fourth-order valence-corrected chi connectivity index (χ4v) is 1.94. The lowest BCUT2D eigenvalue weighted by Gasteiger charge is -2.11. The zero-order chi connectivity index (χ0) is 16.8. The summed E-state index contributed by atoms with van der Waals surface area (Å²) in [6.07, 6.45) is -0.585. The van der Waals surface area contributed by atoms with Crippen LogP contribution in [0.15, 0.2) is 36.4 Å². The van der Waals surface area contributed by atoms with Gasteiger partial charge in [-0.05, 0) is 36.8 Å². The van der Waals surface area contributed by atoms with Crippen LogP contribution in [0.5, 0.6) is 0 Å². The minimum absolute atomic E-state index is 0.193. The van der Waals surface area contributed by atoms with Crippen LogP contribution < -0.4 is 16.4 Å². The van der Waals surface area contributed by atoms with Gasteiger partial charge in [0.1, 0.15) is 11.6 Å². The molecule has 0 heterocycles. The van der Waals surface area contributed by atoms with Crippen molar-refractivity contribution in [3.8, 4) is 0 Å². The zero-order valence-corrected chi connectivity index (χ0v) is 12.5. The number of rotatable bonds is 5. The van der Waals surface area contributed by atoms with Gasteiger partial charge in [-0.2, -0.15) is 0 Å². The van der Waals surface area contributed by atoms with Crippen LogP contribution in [-0.4, -0.2) is 12.7 Å². The van der Waals surface area contributed by atoms with E-state index in [0.29, 0.717) is 17.9 Å². The molecule has 4 N–H and O–H groups in total. The lowest BCUT2D eigenvalue weighted by Crippen LogP contribution is -2.14. The maximum Gasteiger partial charge on any atom is 0.411 e. The molecule has 0 aromatic heterocycles. The first-order chi connectivity index (χ1) is 11.0. The summed E-state index contributed by atoms with van der Waals surface area (Å²) in [5.74, 6) is -1.30. The molecule has 0 spiro atoms. The van der Waals surface area contributed by atoms with Crippen molar-refractivity contribution < 1.29 is 18.3 Å². The third-order valence-electron chi connectivity index (χ3n) is 3.04. The highest BCUT2D eigenvalue weighted by atomic mass is 19.1. The van der Waals surface area contributed by atoms with E-state index in [-0.39, 0.29) is 12.3 Å². The van der Waals surface area contributed by atoms with Crippen LogP contribution in [0.25, 0.3) is 0 Å². The monoisotopic (exact) mass is 321 g/mol. The summed E-state index contributed by atoms with van der Waals surface area (Å²) in [5, 5.41) is 5.37. The van der Waals surface area contributed by atoms with Crippen LogP contribution in [-0.2, 0) is 11.3 Å². The number of nitrogens with two attached hydrogens (primary N) is 1. The van der Waals surface area contributed by atoms with E-state index in [1.807, 2.05) is 0 Å².